The molecule has 0 bridgehead atoms. The van der Waals surface area contributed by atoms with Gasteiger partial charge in [0.2, 0.25) is 5.82 Å². The minimum absolute atomic E-state index is 0.295. The molecule has 0 amide bonds. The van der Waals surface area contributed by atoms with Crippen LogP contribution >= 0.6 is 15.9 Å². The van der Waals surface area contributed by atoms with Crippen LogP contribution in [-0.4, -0.2) is 10.1 Å². The summed E-state index contributed by atoms with van der Waals surface area (Å²) in [5.74, 6) is 0.436. The number of benzene rings is 2. The Morgan fingerprint density at radius 1 is 1.14 bits per heavy atom. The van der Waals surface area contributed by atoms with Gasteiger partial charge < -0.3 is 10.3 Å². The highest BCUT2D eigenvalue weighted by molar-refractivity contribution is 9.10. The zero-order valence-electron chi connectivity index (χ0n) is 11.1. The summed E-state index contributed by atoms with van der Waals surface area (Å²) in [6.07, 6.45) is 0. The van der Waals surface area contributed by atoms with Gasteiger partial charge >= 0.3 is 0 Å². The summed E-state index contributed by atoms with van der Waals surface area (Å²) in [4.78, 5) is 4.34. The van der Waals surface area contributed by atoms with Gasteiger partial charge in [-0.3, -0.25) is 0 Å². The highest BCUT2D eigenvalue weighted by Crippen LogP contribution is 2.30. The summed E-state index contributed by atoms with van der Waals surface area (Å²) in [5, 5.41) is 3.94. The molecule has 1 aromatic heterocycles. The Labute approximate surface area is 128 Å². The summed E-state index contributed by atoms with van der Waals surface area (Å²) in [6, 6.07) is 9.82. The number of hydrogen-bond donors (Lipinski definition) is 1. The predicted octanol–water partition coefficient (Wildman–Crippen LogP) is 4.20. The number of nitrogens with two attached hydrogens (primary N) is 1. The summed E-state index contributed by atoms with van der Waals surface area (Å²) in [5.41, 5.74) is 8.58. The number of aromatic nitrogens is 2. The number of aryl methyl sites for hydroxylation is 1. The van der Waals surface area contributed by atoms with Gasteiger partial charge in [-0.1, -0.05) is 21.1 Å². The SMILES string of the molecule is Cc1cc(F)ccc1-c1noc(-c2cc(Br)ccc2N)n1. The van der Waals surface area contributed by atoms with Gasteiger partial charge in [0.25, 0.3) is 5.89 Å². The van der Waals surface area contributed by atoms with Crippen LogP contribution in [0.5, 0.6) is 0 Å². The van der Waals surface area contributed by atoms with E-state index in [9.17, 15) is 4.39 Å². The van der Waals surface area contributed by atoms with E-state index in [0.717, 1.165) is 15.6 Å². The largest absolute Gasteiger partial charge is 0.398 e. The van der Waals surface area contributed by atoms with Crippen LogP contribution in [0.25, 0.3) is 22.8 Å². The van der Waals surface area contributed by atoms with E-state index in [1.807, 2.05) is 12.1 Å². The second kappa shape index (κ2) is 5.29. The smallest absolute Gasteiger partial charge is 0.260 e. The fourth-order valence-electron chi connectivity index (χ4n) is 2.03. The van der Waals surface area contributed by atoms with Crippen LogP contribution in [0.15, 0.2) is 45.4 Å². The quantitative estimate of drug-likeness (QED) is 0.705. The van der Waals surface area contributed by atoms with E-state index in [-0.39, 0.29) is 5.82 Å². The lowest BCUT2D eigenvalue weighted by molar-refractivity contribution is 0.432. The van der Waals surface area contributed by atoms with Crippen molar-refractivity contribution in [2.24, 2.45) is 0 Å². The molecule has 2 N–H and O–H groups in total. The second-order valence-corrected chi connectivity index (χ2v) is 5.53. The average Bonchev–Trinajstić information content (AvgIpc) is 2.91. The molecule has 0 atom stereocenters. The van der Waals surface area contributed by atoms with Gasteiger partial charge in [0.05, 0.1) is 5.56 Å². The third kappa shape index (κ3) is 2.67. The fourth-order valence-corrected chi connectivity index (χ4v) is 2.40. The molecule has 3 aromatic rings. The lowest BCUT2D eigenvalue weighted by atomic mass is 10.1. The van der Waals surface area contributed by atoms with Crippen molar-refractivity contribution in [2.75, 3.05) is 5.73 Å². The van der Waals surface area contributed by atoms with Crippen LogP contribution in [0.1, 0.15) is 5.56 Å². The molecule has 4 nitrogen and oxygen atoms in total. The summed E-state index contributed by atoms with van der Waals surface area (Å²) in [7, 11) is 0. The van der Waals surface area contributed by atoms with Crippen molar-refractivity contribution >= 4 is 21.6 Å². The van der Waals surface area contributed by atoms with E-state index in [1.165, 1.54) is 12.1 Å². The van der Waals surface area contributed by atoms with E-state index < -0.39 is 0 Å². The predicted molar refractivity (Wildman–Crippen MR) is 82.0 cm³/mol. The van der Waals surface area contributed by atoms with Gasteiger partial charge in [0.1, 0.15) is 5.82 Å². The second-order valence-electron chi connectivity index (χ2n) is 4.61. The van der Waals surface area contributed by atoms with Crippen LogP contribution in [0.4, 0.5) is 10.1 Å². The van der Waals surface area contributed by atoms with Crippen LogP contribution in [0.2, 0.25) is 0 Å². The van der Waals surface area contributed by atoms with Gasteiger partial charge in [-0.15, -0.1) is 0 Å². The van der Waals surface area contributed by atoms with Gasteiger partial charge in [0.15, 0.2) is 0 Å². The van der Waals surface area contributed by atoms with Gasteiger partial charge in [-0.2, -0.15) is 4.98 Å². The maximum atomic E-state index is 13.1. The maximum absolute atomic E-state index is 13.1. The van der Waals surface area contributed by atoms with Crippen LogP contribution in [0, 0.1) is 12.7 Å². The molecule has 0 saturated carbocycles. The third-order valence-corrected chi connectivity index (χ3v) is 3.59. The van der Waals surface area contributed by atoms with E-state index >= 15 is 0 Å². The van der Waals surface area contributed by atoms with Crippen LogP contribution < -0.4 is 5.73 Å². The van der Waals surface area contributed by atoms with Crippen molar-refractivity contribution in [3.8, 4) is 22.8 Å². The zero-order chi connectivity index (χ0) is 15.0. The first-order chi connectivity index (χ1) is 10.0. The highest BCUT2D eigenvalue weighted by Gasteiger charge is 2.15. The Kier molecular flexibility index (Phi) is 3.47. The van der Waals surface area contributed by atoms with Crippen molar-refractivity contribution in [3.63, 3.8) is 0 Å². The lowest BCUT2D eigenvalue weighted by Gasteiger charge is -2.01. The Bertz CT molecular complexity index is 816. The molecule has 0 unspecified atom stereocenters. The van der Waals surface area contributed by atoms with E-state index in [2.05, 4.69) is 26.1 Å². The van der Waals surface area contributed by atoms with Crippen molar-refractivity contribution in [3.05, 3.63) is 52.3 Å². The maximum Gasteiger partial charge on any atom is 0.260 e. The van der Waals surface area contributed by atoms with Crippen molar-refractivity contribution in [2.45, 2.75) is 6.92 Å². The minimum atomic E-state index is -0.295. The summed E-state index contributed by atoms with van der Waals surface area (Å²) in [6.45, 7) is 1.79. The van der Waals surface area contributed by atoms with Crippen molar-refractivity contribution in [1.82, 2.24) is 10.1 Å². The molecule has 1 heterocycles. The number of anilines is 1. The number of rotatable bonds is 2. The topological polar surface area (TPSA) is 64.9 Å². The molecular formula is C15H11BrFN3O. The molecule has 0 radical (unpaired) electrons. The molecule has 0 aliphatic rings. The van der Waals surface area contributed by atoms with Crippen LogP contribution in [-0.2, 0) is 0 Å². The number of hydrogen-bond acceptors (Lipinski definition) is 4. The lowest BCUT2D eigenvalue weighted by Crippen LogP contribution is -1.90. The highest BCUT2D eigenvalue weighted by atomic mass is 79.9. The van der Waals surface area contributed by atoms with E-state index in [1.54, 1.807) is 19.1 Å². The van der Waals surface area contributed by atoms with E-state index in [0.29, 0.717) is 23.0 Å². The molecule has 0 aliphatic heterocycles. The molecule has 0 fully saturated rings. The number of nitrogens with zero attached hydrogens (tertiary/aromatic N) is 2. The first-order valence-corrected chi connectivity index (χ1v) is 6.99. The first kappa shape index (κ1) is 13.8. The molecular weight excluding hydrogens is 337 g/mol. The Hall–Kier alpha value is -2.21. The molecule has 0 spiro atoms. The van der Waals surface area contributed by atoms with Gasteiger partial charge in [-0.05, 0) is 48.9 Å². The molecule has 21 heavy (non-hydrogen) atoms. The van der Waals surface area contributed by atoms with Gasteiger partial charge in [0, 0.05) is 15.7 Å². The van der Waals surface area contributed by atoms with Crippen molar-refractivity contribution < 1.29 is 8.91 Å². The van der Waals surface area contributed by atoms with Crippen LogP contribution in [0.3, 0.4) is 0 Å². The average molecular weight is 348 g/mol. The standard InChI is InChI=1S/C15H11BrFN3O/c1-8-6-10(17)3-4-11(8)14-19-15(21-20-14)12-7-9(16)2-5-13(12)18/h2-7H,18H2,1H3. The number of halogens is 2. The summed E-state index contributed by atoms with van der Waals surface area (Å²) < 4.78 is 19.3. The molecule has 0 saturated heterocycles. The molecule has 106 valence electrons. The molecule has 3 rings (SSSR count). The molecule has 0 aliphatic carbocycles. The fraction of sp³-hybridized carbons (Fsp3) is 0.0667. The van der Waals surface area contributed by atoms with Gasteiger partial charge in [-0.25, -0.2) is 4.39 Å². The zero-order valence-corrected chi connectivity index (χ0v) is 12.7. The first-order valence-electron chi connectivity index (χ1n) is 6.20. The Morgan fingerprint density at radius 2 is 1.95 bits per heavy atom. The Balaban J connectivity index is 2.06. The molecule has 2 aromatic carbocycles. The van der Waals surface area contributed by atoms with E-state index in [4.69, 9.17) is 10.3 Å². The van der Waals surface area contributed by atoms with Crippen molar-refractivity contribution in [1.29, 1.82) is 0 Å². The minimum Gasteiger partial charge on any atom is -0.398 e. The summed E-state index contributed by atoms with van der Waals surface area (Å²) >= 11 is 3.38. The monoisotopic (exact) mass is 347 g/mol. The normalized spacial score (nSPS) is 10.8. The molecule has 6 heteroatoms. The third-order valence-electron chi connectivity index (χ3n) is 3.10. The Morgan fingerprint density at radius 3 is 2.71 bits per heavy atom. The number of nitrogen functional groups attached to an aromatic ring is 1.